The van der Waals surface area contributed by atoms with Gasteiger partial charge in [-0.05, 0) is 24.6 Å². The molecule has 1 aromatic carbocycles. The number of methoxy groups -OCH3 is 1. The number of hydrogen-bond acceptors (Lipinski definition) is 8. The van der Waals surface area contributed by atoms with Gasteiger partial charge in [0.25, 0.3) is 0 Å². The summed E-state index contributed by atoms with van der Waals surface area (Å²) in [5, 5.41) is 3.70. The summed E-state index contributed by atoms with van der Waals surface area (Å²) in [5.41, 5.74) is 0.964. The number of alkyl halides is 1. The summed E-state index contributed by atoms with van der Waals surface area (Å²) in [6, 6.07) is 8.45. The first-order valence-corrected chi connectivity index (χ1v) is 11.1. The smallest absolute Gasteiger partial charge is 0.336 e. The lowest BCUT2D eigenvalue weighted by molar-refractivity contribution is -0.139. The molecule has 0 radical (unpaired) electrons. The monoisotopic (exact) mass is 477 g/mol. The number of ether oxygens (including phenoxy) is 2. The summed E-state index contributed by atoms with van der Waals surface area (Å²) in [6.45, 7) is 0.819. The molecule has 2 heterocycles. The quantitative estimate of drug-likeness (QED) is 0.348. The van der Waals surface area contributed by atoms with Crippen LogP contribution in [0.3, 0.4) is 0 Å². The van der Waals surface area contributed by atoms with Crippen molar-refractivity contribution in [3.05, 3.63) is 75.9 Å². The Bertz CT molecular complexity index is 1060. The van der Waals surface area contributed by atoms with Crippen molar-refractivity contribution in [1.82, 2.24) is 15.3 Å². The molecule has 0 aliphatic carbocycles. The van der Waals surface area contributed by atoms with E-state index in [4.69, 9.17) is 21.1 Å². The Morgan fingerprint density at radius 1 is 1.12 bits per heavy atom. The lowest BCUT2D eigenvalue weighted by Gasteiger charge is -2.32. The number of carbonyl (C=O) groups is 2. The Kier molecular flexibility index (Phi) is 8.24. The van der Waals surface area contributed by atoms with Crippen LogP contribution in [0.4, 0.5) is 4.39 Å². The minimum Gasteiger partial charge on any atom is -0.466 e. The number of aromatic nitrogens is 2. The van der Waals surface area contributed by atoms with Crippen molar-refractivity contribution in [3.63, 3.8) is 0 Å². The molecule has 1 N–H and O–H groups in total. The minimum atomic E-state index is -0.977. The molecule has 7 nitrogen and oxygen atoms in total. The molecule has 0 fully saturated rings. The van der Waals surface area contributed by atoms with Crippen molar-refractivity contribution in [1.29, 1.82) is 0 Å². The average molecular weight is 478 g/mol. The van der Waals surface area contributed by atoms with Gasteiger partial charge in [0.15, 0.2) is 5.16 Å². The molecule has 1 aliphatic rings. The second kappa shape index (κ2) is 11.1. The number of esters is 2. The molecule has 0 bridgehead atoms. The van der Waals surface area contributed by atoms with Gasteiger partial charge in [-0.2, -0.15) is 0 Å². The number of nitrogens with zero attached hydrogens (tertiary/aromatic N) is 2. The average Bonchev–Trinajstić information content (AvgIpc) is 2.82. The minimum absolute atomic E-state index is 0.000557. The summed E-state index contributed by atoms with van der Waals surface area (Å²) in [7, 11) is 1.20. The molecule has 0 saturated heterocycles. The number of rotatable bonds is 8. The molecule has 1 atom stereocenters. The van der Waals surface area contributed by atoms with Crippen molar-refractivity contribution < 1.29 is 23.5 Å². The Morgan fingerprint density at radius 3 is 2.44 bits per heavy atom. The normalized spacial score (nSPS) is 15.9. The summed E-state index contributed by atoms with van der Waals surface area (Å²) in [5.74, 6) is -2.19. The number of allylic oxidation sites excluding steroid dienone is 1. The van der Waals surface area contributed by atoms with E-state index in [1.54, 1.807) is 49.6 Å². The third-order valence-corrected chi connectivity index (χ3v) is 5.91. The van der Waals surface area contributed by atoms with E-state index in [0.29, 0.717) is 21.4 Å². The molecule has 10 heteroatoms. The van der Waals surface area contributed by atoms with Gasteiger partial charge >= 0.3 is 11.9 Å². The Balaban J connectivity index is 2.18. The van der Waals surface area contributed by atoms with E-state index in [0.717, 1.165) is 0 Å². The van der Waals surface area contributed by atoms with Crippen LogP contribution in [0, 0.1) is 0 Å². The number of benzene rings is 1. The molecule has 1 unspecified atom stereocenters. The van der Waals surface area contributed by atoms with Crippen molar-refractivity contribution in [2.24, 2.45) is 0 Å². The van der Waals surface area contributed by atoms with Crippen LogP contribution in [-0.2, 0) is 19.1 Å². The lowest BCUT2D eigenvalue weighted by Crippen LogP contribution is -2.35. The van der Waals surface area contributed by atoms with Gasteiger partial charge in [-0.3, -0.25) is 0 Å². The molecule has 0 spiro atoms. The Hall–Kier alpha value is -2.91. The first-order valence-electron chi connectivity index (χ1n) is 9.70. The summed E-state index contributed by atoms with van der Waals surface area (Å²) >= 11 is 7.69. The van der Waals surface area contributed by atoms with Crippen LogP contribution in [0.5, 0.6) is 0 Å². The van der Waals surface area contributed by atoms with Crippen LogP contribution >= 0.6 is 23.4 Å². The first-order chi connectivity index (χ1) is 15.5. The lowest BCUT2D eigenvalue weighted by atomic mass is 9.80. The van der Waals surface area contributed by atoms with E-state index in [2.05, 4.69) is 15.3 Å². The zero-order valence-electron chi connectivity index (χ0n) is 17.4. The highest BCUT2D eigenvalue weighted by atomic mass is 35.5. The molecule has 2 aromatic rings. The molecule has 1 aliphatic heterocycles. The third kappa shape index (κ3) is 5.11. The van der Waals surface area contributed by atoms with E-state index in [9.17, 15) is 14.0 Å². The molecular formula is C22H21ClFN3O4S. The van der Waals surface area contributed by atoms with E-state index in [1.807, 2.05) is 0 Å². The van der Waals surface area contributed by atoms with E-state index >= 15 is 0 Å². The number of nitrogens with one attached hydrogen (secondary N) is 1. The maximum atomic E-state index is 14.1. The molecule has 0 amide bonds. The van der Waals surface area contributed by atoms with Crippen molar-refractivity contribution >= 4 is 35.3 Å². The van der Waals surface area contributed by atoms with Crippen LogP contribution in [0.25, 0.3) is 0 Å². The SMILES string of the molecule is CCOC(=O)C1=C(CSc2ncccn2)NC(CF)=C(C(=O)OC)C1c1ccccc1Cl. The van der Waals surface area contributed by atoms with Gasteiger partial charge in [-0.25, -0.2) is 23.9 Å². The van der Waals surface area contributed by atoms with Crippen LogP contribution in [0.1, 0.15) is 18.4 Å². The highest BCUT2D eigenvalue weighted by Crippen LogP contribution is 2.42. The van der Waals surface area contributed by atoms with Gasteiger partial charge in [0, 0.05) is 28.9 Å². The summed E-state index contributed by atoms with van der Waals surface area (Å²) in [4.78, 5) is 34.1. The standard InChI is InChI=1S/C22H21ClFN3O4S/c1-3-31-21(29)19-16(12-32-22-25-9-6-10-26-22)27-15(11-24)18(20(28)30-2)17(19)13-7-4-5-8-14(13)23/h4-10,17,27H,3,11-12H2,1-2H3. The van der Waals surface area contributed by atoms with Crippen molar-refractivity contribution in [2.75, 3.05) is 26.1 Å². The van der Waals surface area contributed by atoms with E-state index < -0.39 is 24.5 Å². The summed E-state index contributed by atoms with van der Waals surface area (Å²) < 4.78 is 24.3. The molecule has 168 valence electrons. The van der Waals surface area contributed by atoms with Gasteiger partial charge in [-0.1, -0.05) is 41.6 Å². The van der Waals surface area contributed by atoms with Gasteiger partial charge < -0.3 is 14.8 Å². The van der Waals surface area contributed by atoms with Crippen molar-refractivity contribution in [3.8, 4) is 0 Å². The second-order valence-corrected chi connectivity index (χ2v) is 7.88. The number of carbonyl (C=O) groups excluding carboxylic acids is 2. The van der Waals surface area contributed by atoms with Crippen LogP contribution in [0.15, 0.2) is 70.4 Å². The fraction of sp³-hybridized carbons (Fsp3) is 0.273. The largest absolute Gasteiger partial charge is 0.466 e. The fourth-order valence-electron chi connectivity index (χ4n) is 3.35. The van der Waals surface area contributed by atoms with Crippen LogP contribution in [-0.4, -0.2) is 48.1 Å². The van der Waals surface area contributed by atoms with Gasteiger partial charge in [0.2, 0.25) is 0 Å². The molecule has 0 saturated carbocycles. The van der Waals surface area contributed by atoms with E-state index in [-0.39, 0.29) is 29.2 Å². The predicted molar refractivity (Wildman–Crippen MR) is 119 cm³/mol. The van der Waals surface area contributed by atoms with Crippen LogP contribution in [0.2, 0.25) is 5.02 Å². The highest BCUT2D eigenvalue weighted by molar-refractivity contribution is 7.99. The van der Waals surface area contributed by atoms with Crippen LogP contribution < -0.4 is 5.32 Å². The fourth-order valence-corrected chi connectivity index (χ4v) is 4.36. The molecular weight excluding hydrogens is 457 g/mol. The van der Waals surface area contributed by atoms with Gasteiger partial charge in [0.05, 0.1) is 36.5 Å². The van der Waals surface area contributed by atoms with Gasteiger partial charge in [0.1, 0.15) is 6.67 Å². The number of thioether (sulfide) groups is 1. The second-order valence-electron chi connectivity index (χ2n) is 6.53. The molecule has 1 aromatic heterocycles. The summed E-state index contributed by atoms with van der Waals surface area (Å²) in [6.07, 6.45) is 3.19. The predicted octanol–water partition coefficient (Wildman–Crippen LogP) is 3.82. The Labute approximate surface area is 194 Å². The zero-order valence-corrected chi connectivity index (χ0v) is 19.0. The molecule has 32 heavy (non-hydrogen) atoms. The maximum Gasteiger partial charge on any atom is 0.336 e. The molecule has 3 rings (SSSR count). The van der Waals surface area contributed by atoms with Gasteiger partial charge in [-0.15, -0.1) is 0 Å². The number of hydrogen-bond donors (Lipinski definition) is 1. The zero-order chi connectivity index (χ0) is 23.1. The highest BCUT2D eigenvalue weighted by Gasteiger charge is 2.40. The maximum absolute atomic E-state index is 14.1. The van der Waals surface area contributed by atoms with Crippen molar-refractivity contribution in [2.45, 2.75) is 18.0 Å². The number of halogens is 2. The van der Waals surface area contributed by atoms with E-state index in [1.165, 1.54) is 18.9 Å². The first kappa shape index (κ1) is 23.7. The number of dihydropyridines is 1. The topological polar surface area (TPSA) is 90.4 Å². The Morgan fingerprint density at radius 2 is 1.81 bits per heavy atom. The third-order valence-electron chi connectivity index (χ3n) is 4.67.